The second kappa shape index (κ2) is 9.17. The fourth-order valence-corrected chi connectivity index (χ4v) is 3.67. The van der Waals surface area contributed by atoms with Crippen LogP contribution in [0.1, 0.15) is 29.2 Å². The zero-order chi connectivity index (χ0) is 21.7. The van der Waals surface area contributed by atoms with Crippen molar-refractivity contribution in [3.63, 3.8) is 0 Å². The molecule has 3 rings (SSSR count). The molecule has 0 radical (unpaired) electrons. The molecule has 0 saturated carbocycles. The minimum Gasteiger partial charge on any atom is -0.490 e. The summed E-state index contributed by atoms with van der Waals surface area (Å²) in [5.41, 5.74) is -0.416. The number of carbonyl (C=O) groups excluding carboxylic acids is 1. The predicted octanol–water partition coefficient (Wildman–Crippen LogP) is 5.88. The summed E-state index contributed by atoms with van der Waals surface area (Å²) in [4.78, 5) is 15.9. The highest BCUT2D eigenvalue weighted by molar-refractivity contribution is 7.17. The van der Waals surface area contributed by atoms with Crippen LogP contribution in [0.5, 0.6) is 11.5 Å². The molecule has 0 aliphatic heterocycles. The summed E-state index contributed by atoms with van der Waals surface area (Å²) in [5.74, 6) is -0.0198. The number of anilines is 1. The molecule has 0 spiro atoms. The molecule has 1 amide bonds. The quantitative estimate of drug-likeness (QED) is 0.503. The standard InChI is InChI=1S/C21H19F3N2O3S/c1-3-28-15-11-10-14(12-16(15)29-4-2)25-19(27)17-18(21(22,23)24)26-20(30-17)13-8-6-5-7-9-13/h5-12H,3-4H2,1-2H3,(H,25,27). The minimum atomic E-state index is -4.76. The van der Waals surface area contributed by atoms with Gasteiger partial charge in [-0.15, -0.1) is 11.3 Å². The van der Waals surface area contributed by atoms with Crippen molar-refractivity contribution in [3.05, 3.63) is 59.1 Å². The molecule has 0 bridgehead atoms. The van der Waals surface area contributed by atoms with Gasteiger partial charge in [-0.05, 0) is 26.0 Å². The van der Waals surface area contributed by atoms with E-state index >= 15 is 0 Å². The largest absolute Gasteiger partial charge is 0.490 e. The van der Waals surface area contributed by atoms with Gasteiger partial charge in [0.05, 0.1) is 13.2 Å². The number of hydrogen-bond acceptors (Lipinski definition) is 5. The third kappa shape index (κ3) is 4.91. The van der Waals surface area contributed by atoms with Crippen molar-refractivity contribution >= 4 is 22.9 Å². The molecule has 2 aromatic carbocycles. The van der Waals surface area contributed by atoms with Gasteiger partial charge in [-0.1, -0.05) is 30.3 Å². The molecule has 158 valence electrons. The van der Waals surface area contributed by atoms with Crippen LogP contribution in [0.25, 0.3) is 10.6 Å². The average Bonchev–Trinajstić information content (AvgIpc) is 3.17. The highest BCUT2D eigenvalue weighted by Crippen LogP contribution is 2.38. The monoisotopic (exact) mass is 436 g/mol. The number of rotatable bonds is 7. The van der Waals surface area contributed by atoms with Crippen LogP contribution in [0.15, 0.2) is 48.5 Å². The number of amides is 1. The molecule has 1 aromatic heterocycles. The van der Waals surface area contributed by atoms with Gasteiger partial charge >= 0.3 is 6.18 Å². The Labute approximate surface area is 175 Å². The summed E-state index contributed by atoms with van der Waals surface area (Å²) in [7, 11) is 0. The van der Waals surface area contributed by atoms with Crippen molar-refractivity contribution in [2.45, 2.75) is 20.0 Å². The molecule has 1 heterocycles. The third-order valence-corrected chi connectivity index (χ3v) is 5.03. The summed E-state index contributed by atoms with van der Waals surface area (Å²) >= 11 is 0.693. The molecule has 0 atom stereocenters. The SMILES string of the molecule is CCOc1ccc(NC(=O)c2sc(-c3ccccc3)nc2C(F)(F)F)cc1OCC. The van der Waals surface area contributed by atoms with Gasteiger partial charge in [0, 0.05) is 17.3 Å². The fraction of sp³-hybridized carbons (Fsp3) is 0.238. The van der Waals surface area contributed by atoms with Gasteiger partial charge in [-0.2, -0.15) is 13.2 Å². The molecule has 0 fully saturated rings. The number of thiazole rings is 1. The summed E-state index contributed by atoms with van der Waals surface area (Å²) in [6.45, 7) is 4.39. The van der Waals surface area contributed by atoms with Crippen molar-refractivity contribution in [1.29, 1.82) is 0 Å². The number of nitrogens with zero attached hydrogens (tertiary/aromatic N) is 1. The van der Waals surface area contributed by atoms with Crippen LogP contribution in [0.2, 0.25) is 0 Å². The van der Waals surface area contributed by atoms with Gasteiger partial charge in [-0.3, -0.25) is 4.79 Å². The van der Waals surface area contributed by atoms with E-state index < -0.39 is 22.7 Å². The summed E-state index contributed by atoms with van der Waals surface area (Å²) in [5, 5.41) is 2.62. The summed E-state index contributed by atoms with van der Waals surface area (Å²) in [6.07, 6.45) is -4.76. The number of aromatic nitrogens is 1. The Kier molecular flexibility index (Phi) is 6.61. The van der Waals surface area contributed by atoms with E-state index in [1.807, 2.05) is 6.92 Å². The first kappa shape index (κ1) is 21.6. The van der Waals surface area contributed by atoms with Gasteiger partial charge in [0.25, 0.3) is 5.91 Å². The van der Waals surface area contributed by atoms with E-state index in [2.05, 4.69) is 10.3 Å². The van der Waals surface area contributed by atoms with E-state index in [0.717, 1.165) is 0 Å². The van der Waals surface area contributed by atoms with E-state index in [1.165, 1.54) is 12.1 Å². The lowest BCUT2D eigenvalue weighted by Crippen LogP contribution is -2.17. The summed E-state index contributed by atoms with van der Waals surface area (Å²) in [6, 6.07) is 13.1. The van der Waals surface area contributed by atoms with E-state index in [-0.39, 0.29) is 10.7 Å². The molecule has 0 aliphatic rings. The molecule has 0 saturated heterocycles. The lowest BCUT2D eigenvalue weighted by molar-refractivity contribution is -0.140. The Balaban J connectivity index is 1.93. The Morgan fingerprint density at radius 3 is 2.33 bits per heavy atom. The first-order chi connectivity index (χ1) is 14.3. The number of ether oxygens (including phenoxy) is 2. The fourth-order valence-electron chi connectivity index (χ4n) is 2.69. The van der Waals surface area contributed by atoms with Gasteiger partial charge in [-0.25, -0.2) is 4.98 Å². The first-order valence-corrected chi connectivity index (χ1v) is 9.99. The number of benzene rings is 2. The Hall–Kier alpha value is -3.07. The van der Waals surface area contributed by atoms with Crippen molar-refractivity contribution < 1.29 is 27.4 Å². The van der Waals surface area contributed by atoms with Crippen molar-refractivity contribution in [2.24, 2.45) is 0 Å². The summed E-state index contributed by atoms with van der Waals surface area (Å²) < 4.78 is 51.5. The second-order valence-corrected chi connectivity index (χ2v) is 7.04. The normalized spacial score (nSPS) is 11.2. The molecule has 1 N–H and O–H groups in total. The lowest BCUT2D eigenvalue weighted by Gasteiger charge is -2.13. The molecule has 0 aliphatic carbocycles. The number of carbonyl (C=O) groups is 1. The topological polar surface area (TPSA) is 60.5 Å². The molecule has 0 unspecified atom stereocenters. The smallest absolute Gasteiger partial charge is 0.435 e. The lowest BCUT2D eigenvalue weighted by atomic mass is 10.2. The zero-order valence-corrected chi connectivity index (χ0v) is 17.1. The average molecular weight is 436 g/mol. The van der Waals surface area contributed by atoms with E-state index in [4.69, 9.17) is 9.47 Å². The van der Waals surface area contributed by atoms with Crippen LogP contribution in [-0.4, -0.2) is 24.1 Å². The maximum atomic E-state index is 13.5. The van der Waals surface area contributed by atoms with E-state index in [0.29, 0.717) is 41.6 Å². The van der Waals surface area contributed by atoms with Gasteiger partial charge in [0.15, 0.2) is 17.2 Å². The van der Waals surface area contributed by atoms with Crippen LogP contribution in [0.4, 0.5) is 18.9 Å². The minimum absolute atomic E-state index is 0.120. The van der Waals surface area contributed by atoms with Crippen molar-refractivity contribution in [3.8, 4) is 22.1 Å². The van der Waals surface area contributed by atoms with Crippen LogP contribution >= 0.6 is 11.3 Å². The predicted molar refractivity (Wildman–Crippen MR) is 109 cm³/mol. The van der Waals surface area contributed by atoms with E-state index in [1.54, 1.807) is 43.3 Å². The van der Waals surface area contributed by atoms with E-state index in [9.17, 15) is 18.0 Å². The highest BCUT2D eigenvalue weighted by atomic mass is 32.1. The van der Waals surface area contributed by atoms with Crippen LogP contribution in [0, 0.1) is 0 Å². The number of hydrogen-bond donors (Lipinski definition) is 1. The van der Waals surface area contributed by atoms with Crippen molar-refractivity contribution in [2.75, 3.05) is 18.5 Å². The molecule has 9 heteroatoms. The molecular weight excluding hydrogens is 417 g/mol. The van der Waals surface area contributed by atoms with Crippen LogP contribution < -0.4 is 14.8 Å². The third-order valence-electron chi connectivity index (χ3n) is 3.92. The number of halogens is 3. The zero-order valence-electron chi connectivity index (χ0n) is 16.2. The Bertz CT molecular complexity index is 1020. The van der Waals surface area contributed by atoms with Crippen LogP contribution in [0.3, 0.4) is 0 Å². The number of alkyl halides is 3. The molecule has 5 nitrogen and oxygen atoms in total. The first-order valence-electron chi connectivity index (χ1n) is 9.18. The molecular formula is C21H19F3N2O3S. The van der Waals surface area contributed by atoms with Gasteiger partial charge in [0.1, 0.15) is 9.88 Å². The Morgan fingerprint density at radius 1 is 1.03 bits per heavy atom. The maximum Gasteiger partial charge on any atom is 0.435 e. The maximum absolute atomic E-state index is 13.5. The second-order valence-electron chi connectivity index (χ2n) is 6.04. The van der Waals surface area contributed by atoms with Crippen LogP contribution in [-0.2, 0) is 6.18 Å². The molecule has 3 aromatic rings. The van der Waals surface area contributed by atoms with Gasteiger partial charge < -0.3 is 14.8 Å². The Morgan fingerprint density at radius 2 is 1.70 bits per heavy atom. The number of nitrogens with one attached hydrogen (secondary N) is 1. The van der Waals surface area contributed by atoms with Crippen molar-refractivity contribution in [1.82, 2.24) is 4.98 Å². The molecule has 30 heavy (non-hydrogen) atoms. The highest BCUT2D eigenvalue weighted by Gasteiger charge is 2.39. The van der Waals surface area contributed by atoms with Gasteiger partial charge in [0.2, 0.25) is 0 Å².